The Balaban J connectivity index is 2.14. The summed E-state index contributed by atoms with van der Waals surface area (Å²) < 4.78 is 0. The molecule has 2 unspecified atom stereocenters. The summed E-state index contributed by atoms with van der Waals surface area (Å²) in [4.78, 5) is 2.10. The van der Waals surface area contributed by atoms with E-state index in [-0.39, 0.29) is 6.10 Å². The molecule has 17 heavy (non-hydrogen) atoms. The molecule has 0 aliphatic heterocycles. The summed E-state index contributed by atoms with van der Waals surface area (Å²) in [6.07, 6.45) is 5.62. The molecule has 0 saturated heterocycles. The highest BCUT2D eigenvalue weighted by atomic mass is 16.3. The van der Waals surface area contributed by atoms with Gasteiger partial charge >= 0.3 is 0 Å². The number of aliphatic hydroxyl groups excluding tert-OH is 1. The van der Waals surface area contributed by atoms with E-state index in [2.05, 4.69) is 43.3 Å². The lowest BCUT2D eigenvalue weighted by Crippen LogP contribution is -2.17. The second-order valence-corrected chi connectivity index (χ2v) is 5.30. The van der Waals surface area contributed by atoms with Crippen LogP contribution in [0.2, 0.25) is 0 Å². The van der Waals surface area contributed by atoms with Gasteiger partial charge in [0, 0.05) is 25.7 Å². The van der Waals surface area contributed by atoms with E-state index in [1.54, 1.807) is 0 Å². The standard InChI is InChI=1S/C15H23NO/c1-16(2)13-10-8-12(9-11-13)14-6-4-3-5-7-15(14)17/h8-11,14-15,17H,3-7H2,1-2H3. The van der Waals surface area contributed by atoms with Crippen LogP contribution >= 0.6 is 0 Å². The highest BCUT2D eigenvalue weighted by Crippen LogP contribution is 2.32. The molecule has 1 aliphatic rings. The predicted octanol–water partition coefficient (Wildman–Crippen LogP) is 3.16. The summed E-state index contributed by atoms with van der Waals surface area (Å²) in [7, 11) is 4.10. The van der Waals surface area contributed by atoms with Crippen LogP contribution in [0, 0.1) is 0 Å². The van der Waals surface area contributed by atoms with Crippen molar-refractivity contribution in [2.75, 3.05) is 19.0 Å². The van der Waals surface area contributed by atoms with Crippen molar-refractivity contribution in [2.45, 2.75) is 44.1 Å². The third kappa shape index (κ3) is 3.01. The van der Waals surface area contributed by atoms with Crippen molar-refractivity contribution in [3.05, 3.63) is 29.8 Å². The lowest BCUT2D eigenvalue weighted by atomic mass is 9.89. The van der Waals surface area contributed by atoms with Crippen LogP contribution in [0.3, 0.4) is 0 Å². The van der Waals surface area contributed by atoms with Gasteiger partial charge in [-0.25, -0.2) is 0 Å². The molecule has 1 fully saturated rings. The Morgan fingerprint density at radius 2 is 1.65 bits per heavy atom. The number of hydrogen-bond donors (Lipinski definition) is 1. The maximum absolute atomic E-state index is 10.2. The quantitative estimate of drug-likeness (QED) is 0.793. The minimum Gasteiger partial charge on any atom is -0.392 e. The molecule has 1 saturated carbocycles. The first-order valence-electron chi connectivity index (χ1n) is 6.64. The van der Waals surface area contributed by atoms with E-state index in [1.165, 1.54) is 30.5 Å². The normalized spacial score (nSPS) is 25.4. The summed E-state index contributed by atoms with van der Waals surface area (Å²) in [5.41, 5.74) is 2.52. The third-order valence-corrected chi connectivity index (χ3v) is 3.82. The zero-order chi connectivity index (χ0) is 12.3. The fourth-order valence-electron chi connectivity index (χ4n) is 2.70. The van der Waals surface area contributed by atoms with E-state index < -0.39 is 0 Å². The monoisotopic (exact) mass is 233 g/mol. The molecule has 2 heteroatoms. The van der Waals surface area contributed by atoms with Crippen LogP contribution < -0.4 is 4.90 Å². The molecule has 0 aromatic heterocycles. The Labute approximate surface area is 104 Å². The van der Waals surface area contributed by atoms with Gasteiger partial charge in [0.1, 0.15) is 0 Å². The number of nitrogens with zero attached hydrogens (tertiary/aromatic N) is 1. The van der Waals surface area contributed by atoms with Gasteiger partial charge in [0.2, 0.25) is 0 Å². The molecule has 0 radical (unpaired) electrons. The van der Waals surface area contributed by atoms with Crippen LogP contribution in [0.25, 0.3) is 0 Å². The van der Waals surface area contributed by atoms with Crippen LogP contribution in [0.5, 0.6) is 0 Å². The molecule has 94 valence electrons. The molecule has 2 rings (SSSR count). The number of aliphatic hydroxyl groups is 1. The van der Waals surface area contributed by atoms with Crippen LogP contribution in [0.4, 0.5) is 5.69 Å². The molecule has 0 heterocycles. The van der Waals surface area contributed by atoms with Crippen LogP contribution in [0.15, 0.2) is 24.3 Å². The predicted molar refractivity (Wildman–Crippen MR) is 72.6 cm³/mol. The summed E-state index contributed by atoms with van der Waals surface area (Å²) in [5.74, 6) is 0.341. The smallest absolute Gasteiger partial charge is 0.0608 e. The number of hydrogen-bond acceptors (Lipinski definition) is 2. The fourth-order valence-corrected chi connectivity index (χ4v) is 2.70. The van der Waals surface area contributed by atoms with Gasteiger partial charge in [-0.1, -0.05) is 31.4 Å². The summed E-state index contributed by atoms with van der Waals surface area (Å²) in [6.45, 7) is 0. The van der Waals surface area contributed by atoms with Crippen LogP contribution in [-0.2, 0) is 0 Å². The largest absolute Gasteiger partial charge is 0.392 e. The van der Waals surface area contributed by atoms with E-state index >= 15 is 0 Å². The first kappa shape index (κ1) is 12.4. The Bertz CT molecular complexity index is 344. The van der Waals surface area contributed by atoms with Gasteiger partial charge in [0.25, 0.3) is 0 Å². The van der Waals surface area contributed by atoms with Gasteiger partial charge in [-0.15, -0.1) is 0 Å². The second kappa shape index (κ2) is 5.54. The molecule has 2 nitrogen and oxygen atoms in total. The maximum Gasteiger partial charge on any atom is 0.0608 e. The van der Waals surface area contributed by atoms with Crippen molar-refractivity contribution in [2.24, 2.45) is 0 Å². The van der Waals surface area contributed by atoms with Crippen molar-refractivity contribution in [1.82, 2.24) is 0 Å². The van der Waals surface area contributed by atoms with Crippen LogP contribution in [0.1, 0.15) is 43.6 Å². The summed E-state index contributed by atoms with van der Waals surface area (Å²) in [6, 6.07) is 8.64. The zero-order valence-corrected chi connectivity index (χ0v) is 10.9. The van der Waals surface area contributed by atoms with Gasteiger partial charge in [-0.2, -0.15) is 0 Å². The lowest BCUT2D eigenvalue weighted by molar-refractivity contribution is 0.135. The van der Waals surface area contributed by atoms with Gasteiger partial charge in [0.05, 0.1) is 6.10 Å². The molecule has 1 aromatic rings. The molecule has 1 aliphatic carbocycles. The third-order valence-electron chi connectivity index (χ3n) is 3.82. The Morgan fingerprint density at radius 3 is 2.29 bits per heavy atom. The topological polar surface area (TPSA) is 23.5 Å². The van der Waals surface area contributed by atoms with E-state index in [9.17, 15) is 5.11 Å². The number of rotatable bonds is 2. The number of anilines is 1. The molecule has 2 atom stereocenters. The van der Waals surface area contributed by atoms with Gasteiger partial charge in [0.15, 0.2) is 0 Å². The highest BCUT2D eigenvalue weighted by Gasteiger charge is 2.22. The Kier molecular flexibility index (Phi) is 4.06. The molecule has 0 bridgehead atoms. The maximum atomic E-state index is 10.2. The molecule has 1 aromatic carbocycles. The number of benzene rings is 1. The zero-order valence-electron chi connectivity index (χ0n) is 10.9. The van der Waals surface area contributed by atoms with Gasteiger partial charge in [-0.3, -0.25) is 0 Å². The highest BCUT2D eigenvalue weighted by molar-refractivity contribution is 5.46. The van der Waals surface area contributed by atoms with E-state index in [1.807, 2.05) is 0 Å². The minimum absolute atomic E-state index is 0.150. The van der Waals surface area contributed by atoms with E-state index in [0.717, 1.165) is 12.8 Å². The SMILES string of the molecule is CN(C)c1ccc(C2CCCCCC2O)cc1. The molecule has 0 amide bonds. The summed E-state index contributed by atoms with van der Waals surface area (Å²) in [5, 5.41) is 10.2. The van der Waals surface area contributed by atoms with Crippen molar-refractivity contribution in [3.63, 3.8) is 0 Å². The summed E-state index contributed by atoms with van der Waals surface area (Å²) >= 11 is 0. The van der Waals surface area contributed by atoms with Crippen LogP contribution in [-0.4, -0.2) is 25.3 Å². The first-order chi connectivity index (χ1) is 8.18. The molecular weight excluding hydrogens is 210 g/mol. The lowest BCUT2D eigenvalue weighted by Gasteiger charge is -2.21. The molecular formula is C15H23NO. The minimum atomic E-state index is -0.150. The van der Waals surface area contributed by atoms with Gasteiger partial charge < -0.3 is 10.0 Å². The van der Waals surface area contributed by atoms with Crippen molar-refractivity contribution in [3.8, 4) is 0 Å². The fraction of sp³-hybridized carbons (Fsp3) is 0.600. The van der Waals surface area contributed by atoms with Gasteiger partial charge in [-0.05, 0) is 30.5 Å². The average molecular weight is 233 g/mol. The van der Waals surface area contributed by atoms with Crippen molar-refractivity contribution < 1.29 is 5.11 Å². The molecule has 0 spiro atoms. The molecule has 1 N–H and O–H groups in total. The first-order valence-corrected chi connectivity index (χ1v) is 6.64. The average Bonchev–Trinajstić information content (AvgIpc) is 2.54. The van der Waals surface area contributed by atoms with Crippen molar-refractivity contribution >= 4 is 5.69 Å². The van der Waals surface area contributed by atoms with Crippen molar-refractivity contribution in [1.29, 1.82) is 0 Å². The van der Waals surface area contributed by atoms with E-state index in [4.69, 9.17) is 0 Å². The Morgan fingerprint density at radius 1 is 1.00 bits per heavy atom. The Hall–Kier alpha value is -1.02. The second-order valence-electron chi connectivity index (χ2n) is 5.30. The van der Waals surface area contributed by atoms with E-state index in [0.29, 0.717) is 5.92 Å².